The third-order valence-electron chi connectivity index (χ3n) is 3.88. The Labute approximate surface area is 189 Å². The second kappa shape index (κ2) is 7.59. The Morgan fingerprint density at radius 1 is 0.500 bits per heavy atom. The zero-order chi connectivity index (χ0) is 14.1. The topological polar surface area (TPSA) is 0 Å². The minimum Gasteiger partial charge on any atom is -0.190 e. The van der Waals surface area contributed by atoms with Crippen LogP contribution in [0.3, 0.4) is 0 Å². The van der Waals surface area contributed by atoms with Gasteiger partial charge in [-0.05, 0) is 21.5 Å². The Morgan fingerprint density at radius 2 is 0.773 bits per heavy atom. The molecule has 0 aliphatic heterocycles. The first-order valence-electron chi connectivity index (χ1n) is 6.74. The summed E-state index contributed by atoms with van der Waals surface area (Å²) >= 11 is 7.49. The van der Waals surface area contributed by atoms with Crippen LogP contribution in [0.2, 0.25) is 0 Å². The quantitative estimate of drug-likeness (QED) is 0.446. The van der Waals surface area contributed by atoms with Crippen LogP contribution in [0.1, 0.15) is 0 Å². The van der Waals surface area contributed by atoms with Gasteiger partial charge in [0.25, 0.3) is 0 Å². The van der Waals surface area contributed by atoms with Crippen molar-refractivity contribution >= 4 is 70.6 Å². The molecule has 0 unspecified atom stereocenters. The summed E-state index contributed by atoms with van der Waals surface area (Å²) in [6.07, 6.45) is -0.981. The molecular formula is C16H12BKS4. The van der Waals surface area contributed by atoms with Gasteiger partial charge < -0.3 is 0 Å². The smallest absolute Gasteiger partial charge is 0.190 e. The van der Waals surface area contributed by atoms with E-state index in [1.165, 1.54) is 19.1 Å². The minimum absolute atomic E-state index is 0. The maximum atomic E-state index is 2.30. The second-order valence-corrected chi connectivity index (χ2v) is 8.84. The number of hydrogen-bond donors (Lipinski definition) is 0. The fourth-order valence-corrected chi connectivity index (χ4v) is 7.67. The molecule has 0 spiro atoms. The predicted molar refractivity (Wildman–Crippen MR) is 102 cm³/mol. The number of rotatable bonds is 4. The molecule has 0 bridgehead atoms. The summed E-state index contributed by atoms with van der Waals surface area (Å²) in [5.41, 5.74) is 0. The van der Waals surface area contributed by atoms with E-state index in [1.54, 1.807) is 0 Å². The zero-order valence-electron chi connectivity index (χ0n) is 12.1. The minimum atomic E-state index is -0.981. The van der Waals surface area contributed by atoms with Crippen molar-refractivity contribution in [1.82, 2.24) is 0 Å². The average Bonchev–Trinajstić information content (AvgIpc) is 3.32. The standard InChI is InChI=1S/C16H12BS4.K/c1-5-13(18-9-1)17(14-6-2-10-19-14,15-7-3-11-20-15)16-8-4-12-21-16;/h1-12H;/q-1;+1. The van der Waals surface area contributed by atoms with Gasteiger partial charge in [-0.25, -0.2) is 0 Å². The van der Waals surface area contributed by atoms with Crippen LogP contribution in [0.5, 0.6) is 0 Å². The van der Waals surface area contributed by atoms with Crippen LogP contribution in [0, 0.1) is 0 Å². The fraction of sp³-hybridized carbons (Fsp3) is 0. The van der Waals surface area contributed by atoms with Crippen molar-refractivity contribution in [2.45, 2.75) is 0 Å². The van der Waals surface area contributed by atoms with E-state index in [2.05, 4.69) is 70.1 Å². The van der Waals surface area contributed by atoms with Gasteiger partial charge >= 0.3 is 51.4 Å². The van der Waals surface area contributed by atoms with E-state index in [0.29, 0.717) is 0 Å². The maximum Gasteiger partial charge on any atom is 1.00 e. The molecule has 0 saturated carbocycles. The molecule has 0 atom stereocenters. The Balaban J connectivity index is 0.00000144. The van der Waals surface area contributed by atoms with Crippen molar-refractivity contribution in [3.05, 3.63) is 70.1 Å². The molecule has 4 heterocycles. The SMILES string of the molecule is [K+].c1csc([B-](c2cccs2)(c2cccs2)c2cccs2)c1. The van der Waals surface area contributed by atoms with E-state index in [-0.39, 0.29) is 51.4 Å². The average molecular weight is 382 g/mol. The molecule has 0 amide bonds. The molecule has 4 rings (SSSR count). The summed E-state index contributed by atoms with van der Waals surface area (Å²) in [6.45, 7) is 0. The normalized spacial score (nSPS) is 11.3. The molecule has 104 valence electrons. The molecular weight excluding hydrogens is 370 g/mol. The van der Waals surface area contributed by atoms with E-state index in [0.717, 1.165) is 0 Å². The van der Waals surface area contributed by atoms with Gasteiger partial charge in [0.1, 0.15) is 6.15 Å². The van der Waals surface area contributed by atoms with Gasteiger partial charge in [-0.3, -0.25) is 0 Å². The van der Waals surface area contributed by atoms with Crippen LogP contribution < -0.4 is 70.5 Å². The van der Waals surface area contributed by atoms with Crippen molar-refractivity contribution in [3.63, 3.8) is 0 Å². The van der Waals surface area contributed by atoms with Crippen molar-refractivity contribution < 1.29 is 51.4 Å². The zero-order valence-corrected chi connectivity index (χ0v) is 18.5. The maximum absolute atomic E-state index is 2.30. The molecule has 0 radical (unpaired) electrons. The molecule has 0 aromatic carbocycles. The Kier molecular flexibility index (Phi) is 5.98. The van der Waals surface area contributed by atoms with Gasteiger partial charge in [-0.2, -0.15) is 45.3 Å². The summed E-state index contributed by atoms with van der Waals surface area (Å²) < 4.78 is 5.84. The van der Waals surface area contributed by atoms with Gasteiger partial charge in [-0.1, -0.05) is 48.5 Å². The van der Waals surface area contributed by atoms with Gasteiger partial charge in [0.05, 0.1) is 0 Å². The molecule has 22 heavy (non-hydrogen) atoms. The monoisotopic (exact) mass is 382 g/mol. The predicted octanol–water partition coefficient (Wildman–Crippen LogP) is 0.314. The third-order valence-corrected chi connectivity index (χ3v) is 8.10. The fourth-order valence-electron chi connectivity index (χ4n) is 2.99. The number of hydrogen-bond acceptors (Lipinski definition) is 4. The molecule has 6 heteroatoms. The molecule has 0 aliphatic rings. The van der Waals surface area contributed by atoms with E-state index in [4.69, 9.17) is 0 Å². The van der Waals surface area contributed by atoms with Gasteiger partial charge in [0, 0.05) is 0 Å². The van der Waals surface area contributed by atoms with E-state index in [1.807, 2.05) is 45.3 Å². The molecule has 0 nitrogen and oxygen atoms in total. The summed E-state index contributed by atoms with van der Waals surface area (Å²) in [6, 6.07) is 17.9. The first-order chi connectivity index (χ1) is 10.4. The third kappa shape index (κ3) is 2.83. The van der Waals surface area contributed by atoms with Crippen molar-refractivity contribution in [2.24, 2.45) is 0 Å². The van der Waals surface area contributed by atoms with Gasteiger partial charge in [-0.15, -0.1) is 19.1 Å². The van der Waals surface area contributed by atoms with Crippen LogP contribution in [-0.2, 0) is 0 Å². The summed E-state index contributed by atoms with van der Waals surface area (Å²) in [7, 11) is 0. The van der Waals surface area contributed by atoms with Crippen LogP contribution in [0.4, 0.5) is 0 Å². The van der Waals surface area contributed by atoms with Gasteiger partial charge in [0.2, 0.25) is 0 Å². The Bertz CT molecular complexity index is 644. The molecule has 0 N–H and O–H groups in total. The summed E-state index contributed by atoms with van der Waals surface area (Å²) in [4.78, 5) is 0. The molecule has 0 fully saturated rings. The Hall–Kier alpha value is 0.501. The molecule has 4 aromatic heterocycles. The van der Waals surface area contributed by atoms with Crippen molar-refractivity contribution in [2.75, 3.05) is 0 Å². The summed E-state index contributed by atoms with van der Waals surface area (Å²) in [5.74, 6) is 0. The Morgan fingerprint density at radius 3 is 0.955 bits per heavy atom. The van der Waals surface area contributed by atoms with E-state index < -0.39 is 6.15 Å². The number of thiophene rings is 4. The molecule has 0 aliphatic carbocycles. The first kappa shape index (κ1) is 17.3. The van der Waals surface area contributed by atoms with Crippen LogP contribution in [0.25, 0.3) is 0 Å². The van der Waals surface area contributed by atoms with E-state index >= 15 is 0 Å². The summed E-state index contributed by atoms with van der Waals surface area (Å²) in [5, 5.41) is 8.78. The molecule has 0 saturated heterocycles. The second-order valence-electron chi connectivity index (χ2n) is 4.93. The van der Waals surface area contributed by atoms with Crippen LogP contribution in [-0.4, -0.2) is 6.15 Å². The van der Waals surface area contributed by atoms with E-state index in [9.17, 15) is 0 Å². The first-order valence-corrected chi connectivity index (χ1v) is 10.3. The van der Waals surface area contributed by atoms with Crippen molar-refractivity contribution in [3.8, 4) is 0 Å². The van der Waals surface area contributed by atoms with Gasteiger partial charge in [0.15, 0.2) is 0 Å². The largest absolute Gasteiger partial charge is 1.00 e. The van der Waals surface area contributed by atoms with Crippen molar-refractivity contribution in [1.29, 1.82) is 0 Å². The van der Waals surface area contributed by atoms with Crippen LogP contribution >= 0.6 is 45.3 Å². The molecule has 4 aromatic rings. The van der Waals surface area contributed by atoms with Crippen LogP contribution in [0.15, 0.2) is 70.1 Å².